The largest absolute Gasteiger partial charge is 0.422 e. The van der Waals surface area contributed by atoms with Crippen LogP contribution in [0.1, 0.15) is 12.1 Å². The van der Waals surface area contributed by atoms with Crippen LogP contribution < -0.4 is 4.90 Å². The monoisotopic (exact) mass is 337 g/mol. The first kappa shape index (κ1) is 15.6. The van der Waals surface area contributed by atoms with Gasteiger partial charge in [0.2, 0.25) is 11.6 Å². The zero-order valence-electron chi connectivity index (χ0n) is 13.8. The molecule has 0 saturated carbocycles. The number of rotatable bonds is 3. The minimum Gasteiger partial charge on any atom is -0.422 e. The van der Waals surface area contributed by atoms with Crippen LogP contribution in [0.4, 0.5) is 6.01 Å². The Morgan fingerprint density at radius 1 is 1.04 bits per heavy atom. The van der Waals surface area contributed by atoms with Crippen LogP contribution in [-0.4, -0.2) is 51.9 Å². The van der Waals surface area contributed by atoms with Crippen molar-refractivity contribution in [1.29, 1.82) is 0 Å². The Bertz CT molecular complexity index is 831. The third-order valence-corrected chi connectivity index (χ3v) is 4.33. The van der Waals surface area contributed by atoms with Gasteiger partial charge in [-0.25, -0.2) is 4.98 Å². The van der Waals surface area contributed by atoms with Crippen molar-refractivity contribution in [3.8, 4) is 0 Å². The van der Waals surface area contributed by atoms with Crippen molar-refractivity contribution in [2.75, 3.05) is 31.1 Å². The number of oxazole rings is 1. The van der Waals surface area contributed by atoms with Gasteiger partial charge in [0.05, 0.1) is 6.42 Å². The number of fused-ring (bicyclic) bond motifs is 1. The minimum atomic E-state index is 0.111. The predicted octanol–water partition coefficient (Wildman–Crippen LogP) is 1.90. The average Bonchev–Trinajstić information content (AvgIpc) is 2.91. The summed E-state index contributed by atoms with van der Waals surface area (Å²) in [6, 6.07) is 9.91. The Morgan fingerprint density at radius 3 is 2.80 bits per heavy atom. The molecule has 0 aliphatic carbocycles. The molecular formula is C18H19N5O2. The van der Waals surface area contributed by atoms with Gasteiger partial charge in [-0.15, -0.1) is 0 Å². The SMILES string of the molecule is O=C(Cc1ccccn1)N1CCCN(c2nc3ncccc3o2)CC1. The molecule has 1 fully saturated rings. The molecule has 1 aliphatic rings. The number of nitrogens with zero attached hydrogens (tertiary/aromatic N) is 5. The van der Waals surface area contributed by atoms with Gasteiger partial charge in [0, 0.05) is 44.3 Å². The molecule has 4 heterocycles. The van der Waals surface area contributed by atoms with E-state index in [0.717, 1.165) is 25.2 Å². The summed E-state index contributed by atoms with van der Waals surface area (Å²) in [5, 5.41) is 0. The van der Waals surface area contributed by atoms with E-state index < -0.39 is 0 Å². The highest BCUT2D eigenvalue weighted by Gasteiger charge is 2.22. The summed E-state index contributed by atoms with van der Waals surface area (Å²) in [5.74, 6) is 0.111. The van der Waals surface area contributed by atoms with E-state index in [2.05, 4.69) is 19.9 Å². The van der Waals surface area contributed by atoms with Crippen LogP contribution in [-0.2, 0) is 11.2 Å². The fourth-order valence-electron chi connectivity index (χ4n) is 3.02. The number of hydrogen-bond acceptors (Lipinski definition) is 6. The number of hydrogen-bond donors (Lipinski definition) is 0. The van der Waals surface area contributed by atoms with E-state index in [-0.39, 0.29) is 5.91 Å². The highest BCUT2D eigenvalue weighted by molar-refractivity contribution is 5.78. The number of amides is 1. The van der Waals surface area contributed by atoms with E-state index in [4.69, 9.17) is 4.42 Å². The van der Waals surface area contributed by atoms with Gasteiger partial charge >= 0.3 is 0 Å². The molecule has 0 unspecified atom stereocenters. The molecule has 1 amide bonds. The lowest BCUT2D eigenvalue weighted by Gasteiger charge is -2.21. The normalized spacial score (nSPS) is 15.4. The van der Waals surface area contributed by atoms with Crippen LogP contribution in [0.15, 0.2) is 47.1 Å². The lowest BCUT2D eigenvalue weighted by Crippen LogP contribution is -2.36. The number of carbonyl (C=O) groups is 1. The topological polar surface area (TPSA) is 75.4 Å². The third-order valence-electron chi connectivity index (χ3n) is 4.33. The van der Waals surface area contributed by atoms with Crippen molar-refractivity contribution in [2.45, 2.75) is 12.8 Å². The van der Waals surface area contributed by atoms with Gasteiger partial charge < -0.3 is 14.2 Å². The van der Waals surface area contributed by atoms with Crippen LogP contribution in [0.25, 0.3) is 11.2 Å². The number of carbonyl (C=O) groups excluding carboxylic acids is 1. The highest BCUT2D eigenvalue weighted by atomic mass is 16.4. The third kappa shape index (κ3) is 3.45. The van der Waals surface area contributed by atoms with Crippen molar-refractivity contribution in [2.24, 2.45) is 0 Å². The summed E-state index contributed by atoms with van der Waals surface area (Å²) in [5.41, 5.74) is 2.10. The zero-order chi connectivity index (χ0) is 17.1. The lowest BCUT2D eigenvalue weighted by molar-refractivity contribution is -0.130. The van der Waals surface area contributed by atoms with Gasteiger partial charge in [-0.1, -0.05) is 6.07 Å². The molecule has 3 aromatic rings. The summed E-state index contributed by atoms with van der Waals surface area (Å²) in [6.45, 7) is 2.89. The summed E-state index contributed by atoms with van der Waals surface area (Å²) >= 11 is 0. The first-order chi connectivity index (χ1) is 12.3. The van der Waals surface area contributed by atoms with E-state index >= 15 is 0 Å². The molecule has 7 heteroatoms. The van der Waals surface area contributed by atoms with Crippen LogP contribution >= 0.6 is 0 Å². The Balaban J connectivity index is 1.42. The van der Waals surface area contributed by atoms with Crippen LogP contribution in [0, 0.1) is 0 Å². The lowest BCUT2D eigenvalue weighted by atomic mass is 10.2. The van der Waals surface area contributed by atoms with E-state index in [1.165, 1.54) is 0 Å². The van der Waals surface area contributed by atoms with Crippen LogP contribution in [0.3, 0.4) is 0 Å². The second-order valence-corrected chi connectivity index (χ2v) is 6.04. The highest BCUT2D eigenvalue weighted by Crippen LogP contribution is 2.21. The molecule has 1 aliphatic heterocycles. The summed E-state index contributed by atoms with van der Waals surface area (Å²) < 4.78 is 5.79. The molecule has 0 radical (unpaired) electrons. The molecule has 0 aromatic carbocycles. The fourth-order valence-corrected chi connectivity index (χ4v) is 3.02. The first-order valence-electron chi connectivity index (χ1n) is 8.44. The molecule has 0 spiro atoms. The Kier molecular flexibility index (Phi) is 4.28. The summed E-state index contributed by atoms with van der Waals surface area (Å²) in [6.07, 6.45) is 4.64. The molecule has 0 bridgehead atoms. The molecule has 3 aromatic heterocycles. The average molecular weight is 337 g/mol. The Labute approximate surface area is 145 Å². The van der Waals surface area contributed by atoms with Gasteiger partial charge in [-0.05, 0) is 30.7 Å². The molecule has 7 nitrogen and oxygen atoms in total. The molecule has 0 N–H and O–H groups in total. The number of pyridine rings is 2. The predicted molar refractivity (Wildman–Crippen MR) is 93.2 cm³/mol. The van der Waals surface area contributed by atoms with Gasteiger partial charge in [0.1, 0.15) is 0 Å². The summed E-state index contributed by atoms with van der Waals surface area (Å²) in [4.78, 5) is 29.4. The van der Waals surface area contributed by atoms with Gasteiger partial charge in [0.25, 0.3) is 6.01 Å². The summed E-state index contributed by atoms with van der Waals surface area (Å²) in [7, 11) is 0. The maximum Gasteiger partial charge on any atom is 0.300 e. The maximum absolute atomic E-state index is 12.5. The standard InChI is InChI=1S/C18H19N5O2/c24-16(13-14-5-1-2-7-19-14)22-9-4-10-23(12-11-22)18-21-17-15(25-18)6-3-8-20-17/h1-3,5-8H,4,9-13H2. The number of aromatic nitrogens is 3. The Morgan fingerprint density at radius 2 is 1.96 bits per heavy atom. The molecule has 25 heavy (non-hydrogen) atoms. The molecule has 0 atom stereocenters. The second-order valence-electron chi connectivity index (χ2n) is 6.04. The smallest absolute Gasteiger partial charge is 0.300 e. The van der Waals surface area contributed by atoms with Crippen molar-refractivity contribution in [3.63, 3.8) is 0 Å². The molecule has 4 rings (SSSR count). The van der Waals surface area contributed by atoms with Crippen molar-refractivity contribution in [1.82, 2.24) is 19.9 Å². The van der Waals surface area contributed by atoms with Crippen molar-refractivity contribution < 1.29 is 9.21 Å². The molecule has 1 saturated heterocycles. The number of anilines is 1. The minimum absolute atomic E-state index is 0.111. The van der Waals surface area contributed by atoms with Crippen molar-refractivity contribution >= 4 is 23.2 Å². The van der Waals surface area contributed by atoms with Gasteiger partial charge in [-0.3, -0.25) is 9.78 Å². The van der Waals surface area contributed by atoms with Crippen molar-refractivity contribution in [3.05, 3.63) is 48.4 Å². The second kappa shape index (κ2) is 6.88. The van der Waals surface area contributed by atoms with E-state index in [0.29, 0.717) is 36.8 Å². The van der Waals surface area contributed by atoms with E-state index in [1.54, 1.807) is 12.4 Å². The van der Waals surface area contributed by atoms with Crippen LogP contribution in [0.2, 0.25) is 0 Å². The van der Waals surface area contributed by atoms with Gasteiger partial charge in [-0.2, -0.15) is 4.98 Å². The van der Waals surface area contributed by atoms with Gasteiger partial charge in [0.15, 0.2) is 5.58 Å². The first-order valence-corrected chi connectivity index (χ1v) is 8.44. The molecule has 128 valence electrons. The zero-order valence-corrected chi connectivity index (χ0v) is 13.8. The van der Waals surface area contributed by atoms with E-state index in [1.807, 2.05) is 35.2 Å². The quantitative estimate of drug-likeness (QED) is 0.727. The fraction of sp³-hybridized carbons (Fsp3) is 0.333. The maximum atomic E-state index is 12.5. The Hall–Kier alpha value is -2.96. The molecular weight excluding hydrogens is 318 g/mol. The van der Waals surface area contributed by atoms with E-state index in [9.17, 15) is 4.79 Å². The van der Waals surface area contributed by atoms with Crippen LogP contribution in [0.5, 0.6) is 0 Å².